The Hall–Kier alpha value is -0.0400. The maximum atomic E-state index is 6.36. The minimum atomic E-state index is 0.315. The predicted octanol–water partition coefficient (Wildman–Crippen LogP) is 2.84. The molecule has 3 saturated carbocycles. The summed E-state index contributed by atoms with van der Waals surface area (Å²) in [7, 11) is 0. The van der Waals surface area contributed by atoms with Gasteiger partial charge >= 0.3 is 0 Å². The zero-order valence-electron chi connectivity index (χ0n) is 8.52. The van der Waals surface area contributed by atoms with Crippen LogP contribution in [0.1, 0.15) is 57.8 Å². The van der Waals surface area contributed by atoms with Crippen LogP contribution in [0.5, 0.6) is 0 Å². The molecule has 0 atom stereocenters. The summed E-state index contributed by atoms with van der Waals surface area (Å²) in [5, 5.41) is 0. The van der Waals surface area contributed by atoms with Crippen molar-refractivity contribution in [1.82, 2.24) is 0 Å². The third-order valence-corrected chi connectivity index (χ3v) is 4.85. The molecule has 0 aromatic carbocycles. The minimum absolute atomic E-state index is 0.315. The Labute approximate surface area is 81.1 Å². The molecule has 13 heavy (non-hydrogen) atoms. The van der Waals surface area contributed by atoms with Crippen molar-refractivity contribution >= 4 is 0 Å². The molecule has 0 aromatic heterocycles. The predicted molar refractivity (Wildman–Crippen MR) is 54.4 cm³/mol. The lowest BCUT2D eigenvalue weighted by molar-refractivity contribution is 0.287. The Morgan fingerprint density at radius 3 is 2.08 bits per heavy atom. The van der Waals surface area contributed by atoms with Gasteiger partial charge in [-0.05, 0) is 43.4 Å². The molecule has 0 bridgehead atoms. The Kier molecular flexibility index (Phi) is 1.59. The summed E-state index contributed by atoms with van der Waals surface area (Å²) in [4.78, 5) is 0. The van der Waals surface area contributed by atoms with E-state index in [0.717, 1.165) is 5.92 Å². The fourth-order valence-electron chi connectivity index (χ4n) is 3.49. The quantitative estimate of drug-likeness (QED) is 0.708. The van der Waals surface area contributed by atoms with E-state index in [-0.39, 0.29) is 0 Å². The highest BCUT2D eigenvalue weighted by Crippen LogP contribution is 2.66. The van der Waals surface area contributed by atoms with Crippen molar-refractivity contribution in [1.29, 1.82) is 0 Å². The molecule has 0 amide bonds. The molecule has 3 aliphatic rings. The van der Waals surface area contributed by atoms with E-state index < -0.39 is 0 Å². The van der Waals surface area contributed by atoms with E-state index in [9.17, 15) is 0 Å². The van der Waals surface area contributed by atoms with Crippen molar-refractivity contribution in [2.24, 2.45) is 17.1 Å². The van der Waals surface area contributed by atoms with Crippen LogP contribution in [0.2, 0.25) is 0 Å². The topological polar surface area (TPSA) is 26.0 Å². The molecule has 1 nitrogen and oxygen atoms in total. The average Bonchev–Trinajstić information content (AvgIpc) is 2.97. The molecule has 0 unspecified atom stereocenters. The zero-order valence-corrected chi connectivity index (χ0v) is 8.52. The third kappa shape index (κ3) is 1.24. The Morgan fingerprint density at radius 2 is 1.62 bits per heavy atom. The summed E-state index contributed by atoms with van der Waals surface area (Å²) < 4.78 is 0. The van der Waals surface area contributed by atoms with Gasteiger partial charge in [-0.15, -0.1) is 0 Å². The van der Waals surface area contributed by atoms with Gasteiger partial charge in [-0.3, -0.25) is 0 Å². The monoisotopic (exact) mass is 179 g/mol. The van der Waals surface area contributed by atoms with Crippen molar-refractivity contribution in [3.63, 3.8) is 0 Å². The molecule has 3 aliphatic carbocycles. The second-order valence-electron chi connectivity index (χ2n) is 5.79. The summed E-state index contributed by atoms with van der Waals surface area (Å²) in [6, 6.07) is 0. The van der Waals surface area contributed by atoms with E-state index in [1.165, 1.54) is 57.8 Å². The third-order valence-electron chi connectivity index (χ3n) is 4.85. The van der Waals surface area contributed by atoms with Crippen molar-refractivity contribution in [3.8, 4) is 0 Å². The van der Waals surface area contributed by atoms with E-state index in [0.29, 0.717) is 11.0 Å². The van der Waals surface area contributed by atoms with Gasteiger partial charge in [-0.1, -0.05) is 25.7 Å². The van der Waals surface area contributed by atoms with Gasteiger partial charge < -0.3 is 5.73 Å². The van der Waals surface area contributed by atoms with E-state index in [1.54, 1.807) is 0 Å². The number of rotatable bonds is 3. The summed E-state index contributed by atoms with van der Waals surface area (Å²) in [6.07, 6.45) is 13.0. The summed E-state index contributed by atoms with van der Waals surface area (Å²) >= 11 is 0. The Bertz CT molecular complexity index is 207. The van der Waals surface area contributed by atoms with Crippen LogP contribution in [-0.4, -0.2) is 5.54 Å². The molecule has 0 radical (unpaired) electrons. The van der Waals surface area contributed by atoms with Crippen LogP contribution >= 0.6 is 0 Å². The van der Waals surface area contributed by atoms with Crippen molar-refractivity contribution < 1.29 is 0 Å². The van der Waals surface area contributed by atoms with Gasteiger partial charge in [0.2, 0.25) is 0 Å². The standard InChI is InChI=1S/C12H21N/c13-12(7-8-12)11(5-6-11)9-10-3-1-2-4-10/h10H,1-9,13H2. The SMILES string of the molecule is NC1(C2(CC3CCCC3)CC2)CC1. The molecule has 2 N–H and O–H groups in total. The van der Waals surface area contributed by atoms with E-state index in [4.69, 9.17) is 5.73 Å². The molecule has 0 saturated heterocycles. The fraction of sp³-hybridized carbons (Fsp3) is 1.00. The van der Waals surface area contributed by atoms with Crippen molar-refractivity contribution in [2.45, 2.75) is 63.3 Å². The van der Waals surface area contributed by atoms with Crippen LogP contribution in [-0.2, 0) is 0 Å². The smallest absolute Gasteiger partial charge is 0.0212 e. The number of hydrogen-bond acceptors (Lipinski definition) is 1. The van der Waals surface area contributed by atoms with Gasteiger partial charge in [-0.25, -0.2) is 0 Å². The Balaban J connectivity index is 1.64. The molecule has 0 aliphatic heterocycles. The summed E-state index contributed by atoms with van der Waals surface area (Å²) in [5.74, 6) is 1.04. The molecule has 0 spiro atoms. The molecule has 3 rings (SSSR count). The molecular weight excluding hydrogens is 158 g/mol. The van der Waals surface area contributed by atoms with Crippen LogP contribution in [0, 0.1) is 11.3 Å². The highest BCUT2D eigenvalue weighted by atomic mass is 14.9. The van der Waals surface area contributed by atoms with E-state index in [2.05, 4.69) is 0 Å². The lowest BCUT2D eigenvalue weighted by Gasteiger charge is -2.25. The molecule has 74 valence electrons. The normalized spacial score (nSPS) is 34.8. The van der Waals surface area contributed by atoms with Crippen LogP contribution in [0.4, 0.5) is 0 Å². The van der Waals surface area contributed by atoms with Gasteiger partial charge in [0.15, 0.2) is 0 Å². The minimum Gasteiger partial charge on any atom is -0.325 e. The van der Waals surface area contributed by atoms with Gasteiger partial charge in [0, 0.05) is 5.54 Å². The summed E-state index contributed by atoms with van der Waals surface area (Å²) in [6.45, 7) is 0. The maximum Gasteiger partial charge on any atom is 0.0212 e. The van der Waals surface area contributed by atoms with Gasteiger partial charge in [-0.2, -0.15) is 0 Å². The second-order valence-corrected chi connectivity index (χ2v) is 5.79. The molecule has 1 heteroatoms. The lowest BCUT2D eigenvalue weighted by Crippen LogP contribution is -2.35. The fourth-order valence-corrected chi connectivity index (χ4v) is 3.49. The maximum absolute atomic E-state index is 6.36. The molecule has 0 heterocycles. The first-order chi connectivity index (χ1) is 6.24. The molecular formula is C12H21N. The van der Waals surface area contributed by atoms with Crippen LogP contribution in [0.15, 0.2) is 0 Å². The number of nitrogens with two attached hydrogens (primary N) is 1. The molecule has 3 fully saturated rings. The van der Waals surface area contributed by atoms with Gasteiger partial charge in [0.25, 0.3) is 0 Å². The van der Waals surface area contributed by atoms with Crippen LogP contribution in [0.25, 0.3) is 0 Å². The first kappa shape index (κ1) is 8.28. The first-order valence-corrected chi connectivity index (χ1v) is 6.03. The number of hydrogen-bond donors (Lipinski definition) is 1. The van der Waals surface area contributed by atoms with Crippen LogP contribution < -0.4 is 5.73 Å². The van der Waals surface area contributed by atoms with Crippen molar-refractivity contribution in [3.05, 3.63) is 0 Å². The van der Waals surface area contributed by atoms with Crippen LogP contribution in [0.3, 0.4) is 0 Å². The van der Waals surface area contributed by atoms with Gasteiger partial charge in [0.05, 0.1) is 0 Å². The van der Waals surface area contributed by atoms with Gasteiger partial charge in [0.1, 0.15) is 0 Å². The highest BCUT2D eigenvalue weighted by Gasteiger charge is 2.63. The largest absolute Gasteiger partial charge is 0.325 e. The highest BCUT2D eigenvalue weighted by molar-refractivity contribution is 5.19. The summed E-state index contributed by atoms with van der Waals surface area (Å²) in [5.41, 5.74) is 7.32. The second kappa shape index (κ2) is 2.50. The zero-order chi connectivity index (χ0) is 8.94. The van der Waals surface area contributed by atoms with Crippen molar-refractivity contribution in [2.75, 3.05) is 0 Å². The lowest BCUT2D eigenvalue weighted by atomic mass is 9.83. The molecule has 0 aromatic rings. The Morgan fingerprint density at radius 1 is 1.00 bits per heavy atom. The van der Waals surface area contributed by atoms with E-state index in [1.807, 2.05) is 0 Å². The first-order valence-electron chi connectivity index (χ1n) is 6.03. The average molecular weight is 179 g/mol. The van der Waals surface area contributed by atoms with E-state index >= 15 is 0 Å².